The van der Waals surface area contributed by atoms with E-state index in [-0.39, 0.29) is 17.8 Å². The number of hydrogen-bond donors (Lipinski definition) is 3. The summed E-state index contributed by atoms with van der Waals surface area (Å²) in [5.41, 5.74) is 9.70. The van der Waals surface area contributed by atoms with Gasteiger partial charge in [0.15, 0.2) is 5.96 Å². The number of nitriles is 1. The highest BCUT2D eigenvalue weighted by atomic mass is 32.1. The highest BCUT2D eigenvalue weighted by Gasteiger charge is 2.47. The average Bonchev–Trinajstić information content (AvgIpc) is 3.31. The number of nitrogens with zero attached hydrogens (tertiary/aromatic N) is 2. The second-order valence-electron chi connectivity index (χ2n) is 8.66. The molecule has 4 rings (SSSR count). The molecule has 33 heavy (non-hydrogen) atoms. The van der Waals surface area contributed by atoms with Crippen LogP contribution < -0.4 is 11.1 Å². The Kier molecular flexibility index (Phi) is 6.21. The van der Waals surface area contributed by atoms with Gasteiger partial charge in [-0.1, -0.05) is 24.3 Å². The quantitative estimate of drug-likeness (QED) is 0.466. The molecular weight excluding hydrogens is 430 g/mol. The van der Waals surface area contributed by atoms with Gasteiger partial charge in [0.1, 0.15) is 0 Å². The minimum atomic E-state index is -0.688. The lowest BCUT2D eigenvalue weighted by Gasteiger charge is -2.45. The summed E-state index contributed by atoms with van der Waals surface area (Å²) in [6.45, 7) is 2.01. The lowest BCUT2D eigenvalue weighted by molar-refractivity contribution is -0.135. The number of nitrogen functional groups attached to an aromatic ring is 1. The number of thiophene rings is 1. The fourth-order valence-corrected chi connectivity index (χ4v) is 5.53. The lowest BCUT2D eigenvalue weighted by atomic mass is 9.78. The third-order valence-electron chi connectivity index (χ3n) is 6.38. The van der Waals surface area contributed by atoms with E-state index >= 15 is 0 Å². The zero-order chi connectivity index (χ0) is 23.6. The number of nitrogens with one attached hydrogen (secondary N) is 2. The van der Waals surface area contributed by atoms with Crippen molar-refractivity contribution in [2.75, 3.05) is 12.8 Å². The Morgan fingerprint density at radius 2 is 2.00 bits per heavy atom. The molecule has 1 aliphatic rings. The normalized spacial score (nSPS) is 20.4. The van der Waals surface area contributed by atoms with E-state index in [1.807, 2.05) is 43.3 Å². The molecule has 6 nitrogen and oxygen atoms in total. The van der Waals surface area contributed by atoms with E-state index in [0.717, 1.165) is 40.1 Å². The van der Waals surface area contributed by atoms with E-state index in [2.05, 4.69) is 28.9 Å². The van der Waals surface area contributed by atoms with E-state index in [1.165, 1.54) is 4.90 Å². The van der Waals surface area contributed by atoms with Gasteiger partial charge in [-0.25, -0.2) is 0 Å². The highest BCUT2D eigenvalue weighted by molar-refractivity contribution is 7.10. The molecule has 2 atom stereocenters. The Balaban J connectivity index is 1.60. The first-order chi connectivity index (χ1) is 15.8. The van der Waals surface area contributed by atoms with Gasteiger partial charge in [0.2, 0.25) is 5.91 Å². The molecule has 1 aliphatic heterocycles. The van der Waals surface area contributed by atoms with Crippen LogP contribution in [0.5, 0.6) is 0 Å². The average molecular weight is 458 g/mol. The fraction of sp³-hybridized carbons (Fsp3) is 0.269. The molecule has 0 bridgehead atoms. The second-order valence-corrected chi connectivity index (χ2v) is 9.57. The molecule has 0 spiro atoms. The molecule has 0 radical (unpaired) electrons. The van der Waals surface area contributed by atoms with Gasteiger partial charge in [-0.3, -0.25) is 15.1 Å². The molecule has 1 saturated heterocycles. The topological polar surface area (TPSA) is 106 Å². The number of hydrogen-bond acceptors (Lipinski definition) is 5. The van der Waals surface area contributed by atoms with Crippen molar-refractivity contribution in [1.29, 1.82) is 10.7 Å². The Bertz CT molecular complexity index is 1240. The van der Waals surface area contributed by atoms with Crippen molar-refractivity contribution in [3.8, 4) is 17.2 Å². The van der Waals surface area contributed by atoms with Crippen LogP contribution in [0.2, 0.25) is 0 Å². The molecule has 1 aromatic heterocycles. The van der Waals surface area contributed by atoms with Crippen molar-refractivity contribution in [2.45, 2.75) is 31.7 Å². The molecule has 0 aliphatic carbocycles. The fourth-order valence-electron chi connectivity index (χ4n) is 4.44. The number of amides is 1. The summed E-state index contributed by atoms with van der Waals surface area (Å²) in [5, 5.41) is 22.9. The maximum Gasteiger partial charge on any atom is 0.234 e. The van der Waals surface area contributed by atoms with Crippen LogP contribution in [0.3, 0.4) is 0 Å². The van der Waals surface area contributed by atoms with E-state index in [1.54, 1.807) is 24.5 Å². The first-order valence-corrected chi connectivity index (χ1v) is 11.8. The minimum absolute atomic E-state index is 0.0461. The van der Waals surface area contributed by atoms with Crippen LogP contribution in [-0.4, -0.2) is 23.8 Å². The van der Waals surface area contributed by atoms with E-state index in [4.69, 9.17) is 11.1 Å². The lowest BCUT2D eigenvalue weighted by Crippen LogP contribution is -2.63. The summed E-state index contributed by atoms with van der Waals surface area (Å²) in [6, 6.07) is 19.6. The Labute approximate surface area is 198 Å². The molecule has 1 unspecified atom stereocenters. The van der Waals surface area contributed by atoms with Gasteiger partial charge in [0.05, 0.1) is 23.1 Å². The van der Waals surface area contributed by atoms with Crippen molar-refractivity contribution < 1.29 is 4.79 Å². The zero-order valence-corrected chi connectivity index (χ0v) is 19.6. The van der Waals surface area contributed by atoms with Crippen molar-refractivity contribution in [3.05, 3.63) is 76.0 Å². The molecule has 2 aromatic carbocycles. The summed E-state index contributed by atoms with van der Waals surface area (Å²) < 4.78 is 0. The predicted molar refractivity (Wildman–Crippen MR) is 133 cm³/mol. The molecule has 1 amide bonds. The van der Waals surface area contributed by atoms with Gasteiger partial charge in [-0.05, 0) is 78.6 Å². The van der Waals surface area contributed by atoms with Crippen LogP contribution in [0.25, 0.3) is 11.1 Å². The van der Waals surface area contributed by atoms with Gasteiger partial charge in [-0.2, -0.15) is 5.26 Å². The van der Waals surface area contributed by atoms with Gasteiger partial charge in [0, 0.05) is 17.6 Å². The van der Waals surface area contributed by atoms with Crippen molar-refractivity contribution >= 4 is 28.9 Å². The molecule has 0 saturated carbocycles. The third-order valence-corrected chi connectivity index (χ3v) is 7.55. The van der Waals surface area contributed by atoms with Crippen molar-refractivity contribution in [1.82, 2.24) is 10.2 Å². The Morgan fingerprint density at radius 3 is 2.76 bits per heavy atom. The smallest absolute Gasteiger partial charge is 0.234 e. The third kappa shape index (κ3) is 4.48. The number of aryl methyl sites for hydroxylation is 1. The minimum Gasteiger partial charge on any atom is -0.399 e. The number of rotatable bonds is 6. The monoisotopic (exact) mass is 457 g/mol. The summed E-state index contributed by atoms with van der Waals surface area (Å²) in [4.78, 5) is 15.7. The Morgan fingerprint density at radius 1 is 1.21 bits per heavy atom. The van der Waals surface area contributed by atoms with Crippen molar-refractivity contribution in [3.63, 3.8) is 0 Å². The predicted octanol–water partition coefficient (Wildman–Crippen LogP) is 4.72. The number of benzene rings is 2. The van der Waals surface area contributed by atoms with Crippen LogP contribution >= 0.6 is 11.3 Å². The molecule has 4 N–H and O–H groups in total. The first kappa shape index (κ1) is 22.6. The largest absolute Gasteiger partial charge is 0.399 e. The Hall–Kier alpha value is -3.63. The summed E-state index contributed by atoms with van der Waals surface area (Å²) >= 11 is 1.57. The van der Waals surface area contributed by atoms with E-state index in [9.17, 15) is 10.1 Å². The number of anilines is 1. The van der Waals surface area contributed by atoms with Crippen LogP contribution in [0.4, 0.5) is 5.69 Å². The molecule has 168 valence electrons. The molecule has 3 aromatic rings. The maximum atomic E-state index is 13.3. The number of carbonyl (C=O) groups is 1. The highest BCUT2D eigenvalue weighted by Crippen LogP contribution is 2.41. The maximum absolute atomic E-state index is 13.3. The van der Waals surface area contributed by atoms with E-state index < -0.39 is 5.54 Å². The molecule has 7 heteroatoms. The molecule has 1 fully saturated rings. The van der Waals surface area contributed by atoms with Gasteiger partial charge in [-0.15, -0.1) is 11.3 Å². The van der Waals surface area contributed by atoms with Crippen LogP contribution in [0.1, 0.15) is 35.8 Å². The standard InChI is InChI=1S/C26H27N5OS/c1-26(23-14-20(16-33-23)19-9-3-8-18(12-19)15-27)22(24(32)31(2)25(29)30-26)11-5-7-17-6-4-10-21(28)13-17/h3-4,6,8-10,12-14,16,22H,5,7,11,28H2,1-2H3,(H2,29,30)/t22?,26-/m0/s1. The summed E-state index contributed by atoms with van der Waals surface area (Å²) in [5.74, 6) is -0.249. The van der Waals surface area contributed by atoms with Crippen molar-refractivity contribution in [2.24, 2.45) is 5.92 Å². The van der Waals surface area contributed by atoms with Crippen LogP contribution in [0.15, 0.2) is 60.0 Å². The summed E-state index contributed by atoms with van der Waals surface area (Å²) in [6.07, 6.45) is 2.36. The van der Waals surface area contributed by atoms with E-state index in [0.29, 0.717) is 12.0 Å². The molecule has 2 heterocycles. The molecular formula is C26H27N5OS. The summed E-state index contributed by atoms with van der Waals surface area (Å²) in [7, 11) is 1.65. The van der Waals surface area contributed by atoms with Crippen LogP contribution in [0, 0.1) is 22.7 Å². The second kappa shape index (κ2) is 9.08. The van der Waals surface area contributed by atoms with Crippen LogP contribution in [-0.2, 0) is 16.8 Å². The van der Waals surface area contributed by atoms with Gasteiger partial charge in [0.25, 0.3) is 0 Å². The SMILES string of the molecule is CN1C(=N)N[C@](C)(c2cc(-c3cccc(C#N)c3)cs2)C(CCCc2cccc(N)c2)C1=O. The van der Waals surface area contributed by atoms with Gasteiger partial charge >= 0.3 is 0 Å². The number of carbonyl (C=O) groups excluding carboxylic acids is 1. The first-order valence-electron chi connectivity index (χ1n) is 10.9. The van der Waals surface area contributed by atoms with Gasteiger partial charge < -0.3 is 11.1 Å². The zero-order valence-electron chi connectivity index (χ0n) is 18.8. The number of guanidine groups is 1. The number of nitrogens with two attached hydrogens (primary N) is 1.